The molecule has 5 aromatic rings. The number of hydrogen-bond acceptors (Lipinski definition) is 6. The molecule has 0 fully saturated rings. The van der Waals surface area contributed by atoms with Crippen LogP contribution < -0.4 is 10.3 Å². The van der Waals surface area contributed by atoms with Gasteiger partial charge in [0.05, 0.1) is 23.7 Å². The van der Waals surface area contributed by atoms with E-state index in [9.17, 15) is 15.2 Å². The maximum atomic E-state index is 12.8. The van der Waals surface area contributed by atoms with E-state index in [-0.39, 0.29) is 17.9 Å². The van der Waals surface area contributed by atoms with Crippen molar-refractivity contribution in [2.24, 2.45) is 14.1 Å². The number of ether oxygens (including phenoxy) is 1. The summed E-state index contributed by atoms with van der Waals surface area (Å²) in [4.78, 5) is 21.4. The summed E-state index contributed by atoms with van der Waals surface area (Å²) in [6.07, 6.45) is 4.75. The van der Waals surface area contributed by atoms with Gasteiger partial charge in [-0.25, -0.2) is 9.97 Å². The second-order valence-electron chi connectivity index (χ2n) is 8.95. The monoisotopic (exact) mass is 475 g/mol. The van der Waals surface area contributed by atoms with Gasteiger partial charge in [-0.15, -0.1) is 0 Å². The molecule has 36 heavy (non-hydrogen) atoms. The zero-order valence-corrected chi connectivity index (χ0v) is 19.6. The van der Waals surface area contributed by atoms with Gasteiger partial charge < -0.3 is 19.0 Å². The van der Waals surface area contributed by atoms with E-state index in [1.165, 1.54) is 6.20 Å². The average Bonchev–Trinajstić information content (AvgIpc) is 3.34. The smallest absolute Gasteiger partial charge is 0.251 e. The highest BCUT2D eigenvalue weighted by Crippen LogP contribution is 2.40. The van der Waals surface area contributed by atoms with E-state index in [2.05, 4.69) is 16.0 Å². The van der Waals surface area contributed by atoms with E-state index in [0.717, 1.165) is 22.0 Å². The zero-order chi connectivity index (χ0) is 25.0. The van der Waals surface area contributed by atoms with Gasteiger partial charge in [-0.05, 0) is 47.0 Å². The summed E-state index contributed by atoms with van der Waals surface area (Å²) in [5.74, 6) is 0.591. The van der Waals surface area contributed by atoms with E-state index >= 15 is 0 Å². The molecule has 1 N–H and O–H groups in total. The molecular weight excluding hydrogens is 454 g/mol. The van der Waals surface area contributed by atoms with Gasteiger partial charge in [0.25, 0.3) is 5.56 Å². The molecule has 0 amide bonds. The van der Waals surface area contributed by atoms with Crippen LogP contribution in [0.1, 0.15) is 28.1 Å². The van der Waals surface area contributed by atoms with Crippen LogP contribution in [0, 0.1) is 11.3 Å². The average molecular weight is 476 g/mol. The molecule has 1 aliphatic rings. The normalized spacial score (nSPS) is 16.5. The Labute approximate surface area is 206 Å². The first-order valence-corrected chi connectivity index (χ1v) is 11.4. The number of aryl methyl sites for hydroxylation is 2. The van der Waals surface area contributed by atoms with Gasteiger partial charge >= 0.3 is 0 Å². The van der Waals surface area contributed by atoms with E-state index < -0.39 is 5.60 Å². The first-order chi connectivity index (χ1) is 17.4. The third-order valence-corrected chi connectivity index (χ3v) is 6.88. The van der Waals surface area contributed by atoms with Crippen LogP contribution >= 0.6 is 0 Å². The van der Waals surface area contributed by atoms with Crippen molar-refractivity contribution in [2.45, 2.75) is 12.2 Å². The maximum Gasteiger partial charge on any atom is 0.251 e. The Kier molecular flexibility index (Phi) is 4.78. The van der Waals surface area contributed by atoms with Gasteiger partial charge in [0.1, 0.15) is 24.1 Å². The highest BCUT2D eigenvalue weighted by Gasteiger charge is 2.38. The summed E-state index contributed by atoms with van der Waals surface area (Å²) in [7, 11) is 3.54. The minimum Gasteiger partial charge on any atom is -0.489 e. The quantitative estimate of drug-likeness (QED) is 0.398. The largest absolute Gasteiger partial charge is 0.489 e. The van der Waals surface area contributed by atoms with E-state index in [1.54, 1.807) is 40.8 Å². The summed E-state index contributed by atoms with van der Waals surface area (Å²) in [5.41, 5.74) is 2.83. The SMILES string of the molecule is Cn1cncc1C1(O)c2cnc(C#N)c(c2)COc2cccc(c2)-c2cc(=O)n(C)c3ccc1cc23. The van der Waals surface area contributed by atoms with Crippen molar-refractivity contribution in [3.05, 3.63) is 112 Å². The molecule has 2 aromatic carbocycles. The Hall–Kier alpha value is -4.74. The molecule has 0 aliphatic carbocycles. The Morgan fingerprint density at radius 3 is 2.72 bits per heavy atom. The Balaban J connectivity index is 1.77. The fourth-order valence-corrected chi connectivity index (χ4v) is 4.93. The minimum atomic E-state index is -1.65. The van der Waals surface area contributed by atoms with Crippen LogP contribution in [-0.2, 0) is 26.3 Å². The Morgan fingerprint density at radius 2 is 1.94 bits per heavy atom. The summed E-state index contributed by atoms with van der Waals surface area (Å²) >= 11 is 0. The van der Waals surface area contributed by atoms with Crippen LogP contribution in [0.25, 0.3) is 22.0 Å². The molecule has 8 nitrogen and oxygen atoms in total. The highest BCUT2D eigenvalue weighted by molar-refractivity contribution is 5.95. The van der Waals surface area contributed by atoms with Crippen molar-refractivity contribution >= 4 is 10.9 Å². The third kappa shape index (κ3) is 3.14. The number of benzene rings is 2. The van der Waals surface area contributed by atoms with Crippen molar-refractivity contribution in [1.29, 1.82) is 5.26 Å². The number of aliphatic hydroxyl groups is 1. The van der Waals surface area contributed by atoms with Crippen LogP contribution in [0.15, 0.2) is 78.1 Å². The lowest BCUT2D eigenvalue weighted by molar-refractivity contribution is 0.117. The topological polar surface area (TPSA) is 106 Å². The summed E-state index contributed by atoms with van der Waals surface area (Å²) in [6, 6.07) is 18.5. The predicted octanol–water partition coefficient (Wildman–Crippen LogP) is 3.38. The van der Waals surface area contributed by atoms with Crippen molar-refractivity contribution < 1.29 is 9.84 Å². The van der Waals surface area contributed by atoms with E-state index in [4.69, 9.17) is 4.74 Å². The lowest BCUT2D eigenvalue weighted by Crippen LogP contribution is -2.32. The second-order valence-corrected chi connectivity index (χ2v) is 8.95. The molecule has 6 bridgehead atoms. The minimum absolute atomic E-state index is 0.0816. The number of pyridine rings is 2. The molecule has 0 radical (unpaired) electrons. The fourth-order valence-electron chi connectivity index (χ4n) is 4.93. The van der Waals surface area contributed by atoms with E-state index in [1.807, 2.05) is 49.5 Å². The van der Waals surface area contributed by atoms with Crippen LogP contribution in [0.4, 0.5) is 0 Å². The molecule has 176 valence electrons. The molecule has 0 saturated heterocycles. The predicted molar refractivity (Wildman–Crippen MR) is 133 cm³/mol. The highest BCUT2D eigenvalue weighted by atomic mass is 16.5. The number of rotatable bonds is 1. The molecule has 0 spiro atoms. The summed E-state index contributed by atoms with van der Waals surface area (Å²) in [6.45, 7) is 0.0816. The standard InChI is InChI=1S/C28H21N5O3/c1-32-16-30-14-26(32)28(35)19-6-7-25-23(10-19)22(11-27(34)33(25)2)17-4-3-5-21(9-17)36-15-18-8-20(28)13-31-24(18)12-29/h3-11,13-14,16,35H,15H2,1-2H3. The maximum absolute atomic E-state index is 12.8. The number of nitrogens with zero attached hydrogens (tertiary/aromatic N) is 5. The number of nitriles is 1. The van der Waals surface area contributed by atoms with Crippen molar-refractivity contribution in [2.75, 3.05) is 0 Å². The van der Waals surface area contributed by atoms with Gasteiger partial charge in [-0.2, -0.15) is 5.26 Å². The van der Waals surface area contributed by atoms with Gasteiger partial charge in [0, 0.05) is 42.9 Å². The first-order valence-electron chi connectivity index (χ1n) is 11.4. The molecular formula is C28H21N5O3. The Morgan fingerprint density at radius 1 is 1.08 bits per heavy atom. The molecule has 3 aromatic heterocycles. The molecule has 1 unspecified atom stereocenters. The van der Waals surface area contributed by atoms with Crippen molar-refractivity contribution in [3.63, 3.8) is 0 Å². The fraction of sp³-hybridized carbons (Fsp3) is 0.143. The molecule has 8 heteroatoms. The second kappa shape index (κ2) is 7.90. The van der Waals surface area contributed by atoms with Crippen LogP contribution in [-0.4, -0.2) is 24.2 Å². The van der Waals surface area contributed by atoms with Crippen LogP contribution in [0.3, 0.4) is 0 Å². The number of hydrogen-bond donors (Lipinski definition) is 1. The molecule has 1 atom stereocenters. The van der Waals surface area contributed by atoms with Gasteiger partial charge in [0.2, 0.25) is 0 Å². The van der Waals surface area contributed by atoms with Gasteiger partial charge in [-0.3, -0.25) is 4.79 Å². The van der Waals surface area contributed by atoms with Gasteiger partial charge in [0.15, 0.2) is 5.60 Å². The summed E-state index contributed by atoms with van der Waals surface area (Å²) in [5, 5.41) is 22.9. The molecule has 0 saturated carbocycles. The van der Waals surface area contributed by atoms with Crippen molar-refractivity contribution in [3.8, 4) is 22.9 Å². The molecule has 4 heterocycles. The van der Waals surface area contributed by atoms with Gasteiger partial charge in [-0.1, -0.05) is 18.2 Å². The third-order valence-electron chi connectivity index (χ3n) is 6.88. The number of aromatic nitrogens is 4. The van der Waals surface area contributed by atoms with E-state index in [0.29, 0.717) is 28.1 Å². The molecule has 6 rings (SSSR count). The Bertz CT molecular complexity index is 1780. The first kappa shape index (κ1) is 21.8. The lowest BCUT2D eigenvalue weighted by Gasteiger charge is -2.30. The molecule has 1 aliphatic heterocycles. The number of fused-ring (bicyclic) bond motifs is 6. The van der Waals surface area contributed by atoms with Crippen LogP contribution in [0.2, 0.25) is 0 Å². The summed E-state index contributed by atoms with van der Waals surface area (Å²) < 4.78 is 9.40. The lowest BCUT2D eigenvalue weighted by atomic mass is 9.82. The number of imidazole rings is 1. The van der Waals surface area contributed by atoms with Crippen LogP contribution in [0.5, 0.6) is 5.75 Å². The van der Waals surface area contributed by atoms with Crippen molar-refractivity contribution in [1.82, 2.24) is 19.1 Å². The zero-order valence-electron chi connectivity index (χ0n) is 19.6.